The van der Waals surface area contributed by atoms with Gasteiger partial charge in [0, 0.05) is 37.4 Å². The number of hydrogen-bond donors (Lipinski definition) is 0. The molecule has 0 saturated carbocycles. The molecule has 0 amide bonds. The van der Waals surface area contributed by atoms with Crippen molar-refractivity contribution < 1.29 is 24.5 Å². The second kappa shape index (κ2) is 19.8. The normalized spacial score (nSPS) is 11.6. The topological polar surface area (TPSA) is 43.9 Å². The van der Waals surface area contributed by atoms with Crippen LogP contribution < -0.4 is 0 Å². The summed E-state index contributed by atoms with van der Waals surface area (Å²) in [5.41, 5.74) is 18.9. The van der Waals surface area contributed by atoms with Gasteiger partial charge in [0.2, 0.25) is 0 Å². The molecule has 0 atom stereocenters. The Morgan fingerprint density at radius 2 is 1.13 bits per heavy atom. The summed E-state index contributed by atoms with van der Waals surface area (Å²) in [6.45, 7) is 15.8. The molecule has 0 aliphatic rings. The van der Waals surface area contributed by atoms with Gasteiger partial charge in [0.15, 0.2) is 0 Å². The summed E-state index contributed by atoms with van der Waals surface area (Å²) in [4.78, 5) is 9.73. The molecule has 5 heteroatoms. The first-order chi connectivity index (χ1) is 33.0. The molecule has 11 rings (SSSR count). The molecule has 3 aromatic heterocycles. The van der Waals surface area contributed by atoms with Crippen LogP contribution in [0.2, 0.25) is 0 Å². The van der Waals surface area contributed by atoms with Crippen LogP contribution in [0.25, 0.3) is 94.7 Å². The molecule has 11 aromatic rings. The van der Waals surface area contributed by atoms with Crippen molar-refractivity contribution in [3.8, 4) is 61.7 Å². The van der Waals surface area contributed by atoms with Crippen LogP contribution in [0.5, 0.6) is 0 Å². The Hall–Kier alpha value is -7.17. The van der Waals surface area contributed by atoms with Crippen molar-refractivity contribution in [3.63, 3.8) is 0 Å². The molecule has 0 spiro atoms. The minimum atomic E-state index is 0. The molecule has 3 heterocycles. The van der Waals surface area contributed by atoms with E-state index < -0.39 is 0 Å². The largest absolute Gasteiger partial charge is 0.501 e. The first-order valence-corrected chi connectivity index (χ1v) is 23.7. The molecule has 0 aliphatic heterocycles. The maximum Gasteiger partial charge on any atom is 0.121 e. The summed E-state index contributed by atoms with van der Waals surface area (Å²) in [5, 5.41) is 2.14. The molecule has 0 unspecified atom stereocenters. The Kier molecular flexibility index (Phi) is 13.5. The van der Waals surface area contributed by atoms with Crippen LogP contribution >= 0.6 is 0 Å². The van der Waals surface area contributed by atoms with Gasteiger partial charge in [0.05, 0.1) is 22.4 Å². The van der Waals surface area contributed by atoms with Crippen LogP contribution in [0.3, 0.4) is 0 Å². The Morgan fingerprint density at radius 1 is 0.536 bits per heavy atom. The van der Waals surface area contributed by atoms with E-state index in [4.69, 9.17) is 9.40 Å². The van der Waals surface area contributed by atoms with Gasteiger partial charge in [-0.15, -0.1) is 54.1 Å². The zero-order chi connectivity index (χ0) is 46.9. The summed E-state index contributed by atoms with van der Waals surface area (Å²) in [5.74, 6) is 1.35. The monoisotopic (exact) mass is 1070 g/mol. The molecule has 0 fully saturated rings. The predicted molar refractivity (Wildman–Crippen MR) is 284 cm³/mol. The molecule has 4 nitrogen and oxygen atoms in total. The number of para-hydroxylation sites is 2. The van der Waals surface area contributed by atoms with Gasteiger partial charge in [-0.2, -0.15) is 0 Å². The quantitative estimate of drug-likeness (QED) is 0.142. The minimum absolute atomic E-state index is 0. The standard InChI is InChI=1S/C49H39N2O.C15H16N.Ir/c1-31(2)42-28-38(36-24-22-35(23-25-36)33-14-7-5-8-15-33)29-43(32(3)4)47(42)51-45-21-12-11-20-44(45)50-49(51)41-19-13-18-40-39-27-26-37(30-46(39)52-48(40)41)34-16-9-6-10-17-34;1-15(2,3)13-9-10-16-14(11-13)12-7-5-4-6-8-12;/h5-18,20-32H,1-4H3;4-7,9-11H,1-3H3;/q2*-1;. The first-order valence-electron chi connectivity index (χ1n) is 23.7. The summed E-state index contributed by atoms with van der Waals surface area (Å²) in [7, 11) is 0. The van der Waals surface area contributed by atoms with E-state index in [1.165, 1.54) is 44.6 Å². The van der Waals surface area contributed by atoms with E-state index in [-0.39, 0.29) is 37.4 Å². The van der Waals surface area contributed by atoms with Crippen molar-refractivity contribution in [2.24, 2.45) is 0 Å². The van der Waals surface area contributed by atoms with E-state index in [2.05, 4.69) is 222 Å². The summed E-state index contributed by atoms with van der Waals surface area (Å²) in [6, 6.07) is 72.8. The van der Waals surface area contributed by atoms with Crippen molar-refractivity contribution in [3.05, 3.63) is 223 Å². The Balaban J connectivity index is 0.000000296. The second-order valence-electron chi connectivity index (χ2n) is 19.2. The third-order valence-corrected chi connectivity index (χ3v) is 12.9. The number of aromatic nitrogens is 3. The van der Waals surface area contributed by atoms with Gasteiger partial charge < -0.3 is 14.0 Å². The third kappa shape index (κ3) is 9.50. The molecule has 8 aromatic carbocycles. The van der Waals surface area contributed by atoms with Crippen molar-refractivity contribution in [1.82, 2.24) is 14.5 Å². The molecule has 0 saturated heterocycles. The molecule has 1 radical (unpaired) electrons. The zero-order valence-corrected chi connectivity index (χ0v) is 42.6. The maximum atomic E-state index is 6.78. The summed E-state index contributed by atoms with van der Waals surface area (Å²) < 4.78 is 9.15. The fourth-order valence-corrected chi connectivity index (χ4v) is 9.21. The van der Waals surface area contributed by atoms with Crippen molar-refractivity contribution >= 4 is 33.0 Å². The number of pyridine rings is 1. The van der Waals surface area contributed by atoms with Crippen LogP contribution in [0.4, 0.5) is 0 Å². The SMILES string of the molecule is CC(C)(C)c1ccnc(-c2[c-]cccc2)c1.CC(C)c1cc(-c2ccc(-c3ccccc3)cc2)cc(C(C)C)c1-n1c(-c2[c-]ccc3c2oc2cc(-c4ccccc4)ccc23)nc2ccccc21.[Ir]. The van der Waals surface area contributed by atoms with Gasteiger partial charge in [-0.25, -0.2) is 0 Å². The summed E-state index contributed by atoms with van der Waals surface area (Å²) >= 11 is 0. The number of nitrogens with zero attached hydrogens (tertiary/aromatic N) is 3. The number of benzene rings is 8. The number of hydrogen-bond acceptors (Lipinski definition) is 3. The van der Waals surface area contributed by atoms with Crippen molar-refractivity contribution in [2.75, 3.05) is 0 Å². The van der Waals surface area contributed by atoms with Gasteiger partial charge in [0.25, 0.3) is 0 Å². The van der Waals surface area contributed by atoms with Crippen LogP contribution in [-0.2, 0) is 25.5 Å². The minimum Gasteiger partial charge on any atom is -0.501 e. The number of rotatable bonds is 8. The maximum absolute atomic E-state index is 6.78. The average Bonchev–Trinajstić information content (AvgIpc) is 3.95. The molecule has 0 aliphatic carbocycles. The van der Waals surface area contributed by atoms with E-state index in [1.54, 1.807) is 0 Å². The first kappa shape index (κ1) is 46.9. The van der Waals surface area contributed by atoms with E-state index in [0.717, 1.165) is 66.7 Å². The van der Waals surface area contributed by atoms with E-state index >= 15 is 0 Å². The average molecular weight is 1070 g/mol. The van der Waals surface area contributed by atoms with Gasteiger partial charge >= 0.3 is 0 Å². The number of fused-ring (bicyclic) bond motifs is 4. The Bertz CT molecular complexity index is 3500. The fraction of sp³-hybridized carbons (Fsp3) is 0.156. The fourth-order valence-electron chi connectivity index (χ4n) is 9.21. The molecule has 69 heavy (non-hydrogen) atoms. The predicted octanol–water partition coefficient (Wildman–Crippen LogP) is 17.5. The van der Waals surface area contributed by atoms with E-state index in [0.29, 0.717) is 0 Å². The van der Waals surface area contributed by atoms with Crippen LogP contribution in [0.15, 0.2) is 199 Å². The number of furan rings is 1. The number of imidazole rings is 1. The third-order valence-electron chi connectivity index (χ3n) is 12.9. The molecule has 0 bridgehead atoms. The van der Waals surface area contributed by atoms with Crippen LogP contribution in [0, 0.1) is 12.1 Å². The Morgan fingerprint density at radius 3 is 1.77 bits per heavy atom. The van der Waals surface area contributed by atoms with Crippen LogP contribution in [0.1, 0.15) is 77.0 Å². The smallest absolute Gasteiger partial charge is 0.121 e. The van der Waals surface area contributed by atoms with Gasteiger partial charge in [0.1, 0.15) is 5.58 Å². The molecular weight excluding hydrogens is 1020 g/mol. The Labute approximate surface area is 420 Å². The molecule has 343 valence electrons. The van der Waals surface area contributed by atoms with Gasteiger partial charge in [-0.05, 0) is 109 Å². The van der Waals surface area contributed by atoms with E-state index in [9.17, 15) is 0 Å². The van der Waals surface area contributed by atoms with Crippen molar-refractivity contribution in [2.45, 2.75) is 65.7 Å². The van der Waals surface area contributed by atoms with Gasteiger partial charge in [-0.3, -0.25) is 4.98 Å². The molecule has 0 N–H and O–H groups in total. The van der Waals surface area contributed by atoms with Gasteiger partial charge in [-0.1, -0.05) is 175 Å². The second-order valence-corrected chi connectivity index (χ2v) is 19.2. The van der Waals surface area contributed by atoms with E-state index in [1.807, 2.05) is 42.6 Å². The molecular formula is C64H55IrN3O-2. The van der Waals surface area contributed by atoms with Crippen LogP contribution in [-0.4, -0.2) is 14.5 Å². The summed E-state index contributed by atoms with van der Waals surface area (Å²) in [6.07, 6.45) is 1.87. The van der Waals surface area contributed by atoms with Crippen molar-refractivity contribution in [1.29, 1.82) is 0 Å². The zero-order valence-electron chi connectivity index (χ0n) is 40.2.